The molecule has 0 aromatic rings. The van der Waals surface area contributed by atoms with Crippen molar-refractivity contribution in [1.82, 2.24) is 0 Å². The number of allylic oxidation sites excluding steroid dienone is 1. The first kappa shape index (κ1) is 9.93. The van der Waals surface area contributed by atoms with Crippen molar-refractivity contribution in [2.24, 2.45) is 28.6 Å². The minimum absolute atomic E-state index is 0.579. The van der Waals surface area contributed by atoms with Crippen LogP contribution in [-0.4, -0.2) is 0 Å². The zero-order valence-corrected chi connectivity index (χ0v) is 10.5. The number of hydrogen-bond acceptors (Lipinski definition) is 0. The van der Waals surface area contributed by atoms with E-state index in [1.807, 2.05) is 0 Å². The van der Waals surface area contributed by atoms with Crippen LogP contribution in [0.5, 0.6) is 0 Å². The average molecular weight is 204 g/mol. The topological polar surface area (TPSA) is 0 Å². The van der Waals surface area contributed by atoms with E-state index in [2.05, 4.69) is 27.4 Å². The molecule has 3 aliphatic carbocycles. The molecule has 0 radical (unpaired) electrons. The fraction of sp³-hybridized carbons (Fsp3) is 0.867. The molecule has 84 valence electrons. The second-order valence-corrected chi connectivity index (χ2v) is 7.00. The summed E-state index contributed by atoms with van der Waals surface area (Å²) in [4.78, 5) is 0. The van der Waals surface area contributed by atoms with Crippen molar-refractivity contribution in [3.63, 3.8) is 0 Å². The molecule has 3 fully saturated rings. The third-order valence-electron chi connectivity index (χ3n) is 6.28. The standard InChI is InChI=1S/C15H24/c1-10-7-8-15-9-12(10)14(3,4)13(15)6-5-11(15)2/h10,12-13H,2,5-9H2,1,3-4H3/t10-,12+,13+,15?/m1/s1. The first-order valence-electron chi connectivity index (χ1n) is 6.67. The Morgan fingerprint density at radius 2 is 2.00 bits per heavy atom. The zero-order chi connectivity index (χ0) is 10.8. The Morgan fingerprint density at radius 1 is 1.27 bits per heavy atom. The molecule has 0 aliphatic heterocycles. The maximum absolute atomic E-state index is 4.40. The monoisotopic (exact) mass is 204 g/mol. The largest absolute Gasteiger partial charge is 0.0993 e. The molecule has 3 aliphatic rings. The van der Waals surface area contributed by atoms with Crippen molar-refractivity contribution in [2.45, 2.75) is 52.9 Å². The normalized spacial score (nSPS) is 51.9. The van der Waals surface area contributed by atoms with Crippen LogP contribution < -0.4 is 0 Å². The van der Waals surface area contributed by atoms with Gasteiger partial charge in [0.15, 0.2) is 0 Å². The lowest BCUT2D eigenvalue weighted by Gasteiger charge is -2.37. The summed E-state index contributed by atoms with van der Waals surface area (Å²) in [6, 6.07) is 0. The van der Waals surface area contributed by atoms with Gasteiger partial charge in [-0.25, -0.2) is 0 Å². The summed E-state index contributed by atoms with van der Waals surface area (Å²) >= 11 is 0. The van der Waals surface area contributed by atoms with Gasteiger partial charge in [0.1, 0.15) is 0 Å². The number of hydrogen-bond donors (Lipinski definition) is 0. The SMILES string of the molecule is C=C1CC[C@@H]2C13CC[C@@H](C)[C@H](C3)C2(C)C. The Kier molecular flexibility index (Phi) is 1.79. The van der Waals surface area contributed by atoms with Crippen molar-refractivity contribution in [3.05, 3.63) is 12.2 Å². The van der Waals surface area contributed by atoms with Crippen LogP contribution in [0, 0.1) is 28.6 Å². The molecule has 2 bridgehead atoms. The molecular formula is C15H24. The van der Waals surface area contributed by atoms with Crippen LogP contribution in [0.3, 0.4) is 0 Å². The van der Waals surface area contributed by atoms with E-state index >= 15 is 0 Å². The zero-order valence-electron chi connectivity index (χ0n) is 10.5. The van der Waals surface area contributed by atoms with E-state index in [1.54, 1.807) is 5.57 Å². The van der Waals surface area contributed by atoms with Crippen LogP contribution in [0.2, 0.25) is 0 Å². The van der Waals surface area contributed by atoms with E-state index in [0.717, 1.165) is 17.8 Å². The van der Waals surface area contributed by atoms with Crippen LogP contribution >= 0.6 is 0 Å². The molecule has 0 aromatic heterocycles. The predicted molar refractivity (Wildman–Crippen MR) is 64.6 cm³/mol. The van der Waals surface area contributed by atoms with Crippen LogP contribution in [0.15, 0.2) is 12.2 Å². The third-order valence-corrected chi connectivity index (χ3v) is 6.28. The van der Waals surface area contributed by atoms with E-state index in [-0.39, 0.29) is 0 Å². The van der Waals surface area contributed by atoms with Crippen LogP contribution in [0.1, 0.15) is 52.9 Å². The van der Waals surface area contributed by atoms with Crippen molar-refractivity contribution in [2.75, 3.05) is 0 Å². The van der Waals surface area contributed by atoms with Crippen molar-refractivity contribution in [1.29, 1.82) is 0 Å². The van der Waals surface area contributed by atoms with Crippen LogP contribution in [-0.2, 0) is 0 Å². The molecule has 1 unspecified atom stereocenters. The number of rotatable bonds is 0. The van der Waals surface area contributed by atoms with Crippen molar-refractivity contribution >= 4 is 0 Å². The van der Waals surface area contributed by atoms with Gasteiger partial charge in [0, 0.05) is 0 Å². The lowest BCUT2D eigenvalue weighted by molar-refractivity contribution is 0.140. The molecule has 0 N–H and O–H groups in total. The molecule has 3 saturated carbocycles. The summed E-state index contributed by atoms with van der Waals surface area (Å²) in [6.45, 7) is 11.9. The van der Waals surface area contributed by atoms with Crippen molar-refractivity contribution < 1.29 is 0 Å². The first-order valence-corrected chi connectivity index (χ1v) is 6.67. The van der Waals surface area contributed by atoms with Crippen LogP contribution in [0.25, 0.3) is 0 Å². The summed E-state index contributed by atoms with van der Waals surface area (Å²) in [6.07, 6.45) is 7.09. The molecule has 0 heteroatoms. The van der Waals surface area contributed by atoms with Gasteiger partial charge in [0.05, 0.1) is 0 Å². The number of fused-ring (bicyclic) bond motifs is 1. The van der Waals surface area contributed by atoms with Gasteiger partial charge in [-0.3, -0.25) is 0 Å². The molecule has 0 heterocycles. The van der Waals surface area contributed by atoms with E-state index in [0.29, 0.717) is 10.8 Å². The molecular weight excluding hydrogens is 180 g/mol. The lowest BCUT2D eigenvalue weighted by atomic mass is 9.68. The van der Waals surface area contributed by atoms with Gasteiger partial charge in [-0.15, -0.1) is 0 Å². The Balaban J connectivity index is 2.08. The molecule has 0 saturated heterocycles. The summed E-state index contributed by atoms with van der Waals surface area (Å²) < 4.78 is 0. The van der Waals surface area contributed by atoms with Crippen LogP contribution in [0.4, 0.5) is 0 Å². The first-order chi connectivity index (χ1) is 6.98. The molecule has 1 spiro atoms. The maximum atomic E-state index is 4.40. The van der Waals surface area contributed by atoms with Crippen molar-refractivity contribution in [3.8, 4) is 0 Å². The third kappa shape index (κ3) is 0.990. The Morgan fingerprint density at radius 3 is 2.73 bits per heavy atom. The molecule has 15 heavy (non-hydrogen) atoms. The van der Waals surface area contributed by atoms with Gasteiger partial charge in [-0.05, 0) is 60.7 Å². The second kappa shape index (κ2) is 2.70. The minimum atomic E-state index is 0.579. The maximum Gasteiger partial charge on any atom is -0.00542 e. The summed E-state index contributed by atoms with van der Waals surface area (Å²) in [7, 11) is 0. The van der Waals surface area contributed by atoms with E-state index in [1.165, 1.54) is 32.1 Å². The highest BCUT2D eigenvalue weighted by molar-refractivity contribution is 5.27. The highest BCUT2D eigenvalue weighted by Gasteiger charge is 2.63. The summed E-state index contributed by atoms with van der Waals surface area (Å²) in [5.74, 6) is 2.87. The van der Waals surface area contributed by atoms with Gasteiger partial charge in [0.25, 0.3) is 0 Å². The predicted octanol–water partition coefficient (Wildman–Crippen LogP) is 4.42. The molecule has 0 aromatic carbocycles. The Bertz CT molecular complexity index is 312. The average Bonchev–Trinajstić information content (AvgIpc) is 2.57. The highest BCUT2D eigenvalue weighted by Crippen LogP contribution is 2.72. The van der Waals surface area contributed by atoms with Gasteiger partial charge >= 0.3 is 0 Å². The Labute approximate surface area is 94.1 Å². The quantitative estimate of drug-likeness (QED) is 0.513. The van der Waals surface area contributed by atoms with Gasteiger partial charge < -0.3 is 0 Å². The van der Waals surface area contributed by atoms with Gasteiger partial charge in [0.2, 0.25) is 0 Å². The fourth-order valence-electron chi connectivity index (χ4n) is 5.45. The minimum Gasteiger partial charge on any atom is -0.0993 e. The smallest absolute Gasteiger partial charge is 0.00542 e. The lowest BCUT2D eigenvalue weighted by Crippen LogP contribution is -2.28. The van der Waals surface area contributed by atoms with E-state index in [9.17, 15) is 0 Å². The summed E-state index contributed by atoms with van der Waals surface area (Å²) in [5.41, 5.74) is 2.77. The van der Waals surface area contributed by atoms with Gasteiger partial charge in [-0.1, -0.05) is 32.9 Å². The van der Waals surface area contributed by atoms with E-state index in [4.69, 9.17) is 0 Å². The molecule has 3 rings (SSSR count). The van der Waals surface area contributed by atoms with Gasteiger partial charge in [-0.2, -0.15) is 0 Å². The molecule has 0 amide bonds. The Hall–Kier alpha value is -0.260. The molecule has 4 atom stereocenters. The molecule has 0 nitrogen and oxygen atoms in total. The summed E-state index contributed by atoms with van der Waals surface area (Å²) in [5, 5.41) is 0. The second-order valence-electron chi connectivity index (χ2n) is 7.00. The fourth-order valence-corrected chi connectivity index (χ4v) is 5.45. The van der Waals surface area contributed by atoms with E-state index < -0.39 is 0 Å². The highest BCUT2D eigenvalue weighted by atomic mass is 14.7.